The Morgan fingerprint density at radius 2 is 1.74 bits per heavy atom. The van der Waals surface area contributed by atoms with Crippen LogP contribution < -0.4 is 0 Å². The highest BCUT2D eigenvalue weighted by molar-refractivity contribution is 5.80. The van der Waals surface area contributed by atoms with E-state index in [-0.39, 0.29) is 0 Å². The summed E-state index contributed by atoms with van der Waals surface area (Å²) in [6, 6.07) is 7.31. The molecule has 0 aliphatic rings. The van der Waals surface area contributed by atoms with E-state index in [0.29, 0.717) is 22.6 Å². The Balaban J connectivity index is 2.09. The number of aliphatic carboxylic acids is 1. The predicted octanol–water partition coefficient (Wildman–Crippen LogP) is 2.79. The van der Waals surface area contributed by atoms with Gasteiger partial charge in [0.15, 0.2) is 0 Å². The lowest BCUT2D eigenvalue weighted by Gasteiger charge is -2.12. The maximum atomic E-state index is 11.3. The van der Waals surface area contributed by atoms with Gasteiger partial charge in [0, 0.05) is 18.0 Å². The van der Waals surface area contributed by atoms with Crippen LogP contribution in [0.5, 0.6) is 0 Å². The van der Waals surface area contributed by atoms with Crippen LogP contribution in [0.15, 0.2) is 55.2 Å². The highest BCUT2D eigenvalue weighted by Gasteiger charge is 2.18. The fourth-order valence-corrected chi connectivity index (χ4v) is 2.29. The van der Waals surface area contributed by atoms with Crippen LogP contribution >= 0.6 is 0 Å². The highest BCUT2D eigenvalue weighted by Crippen LogP contribution is 2.28. The molecule has 0 saturated carbocycles. The Bertz CT molecular complexity index is 837. The Kier molecular flexibility index (Phi) is 4.05. The SMILES string of the molecule is CC(C(=O)O)c1ccccc1-c1cncc(-c2cnccn2)n1. The smallest absolute Gasteiger partial charge is 0.310 e. The summed E-state index contributed by atoms with van der Waals surface area (Å²) in [5.41, 5.74) is 3.27. The Morgan fingerprint density at radius 3 is 2.48 bits per heavy atom. The van der Waals surface area contributed by atoms with E-state index >= 15 is 0 Å². The molecule has 2 heterocycles. The van der Waals surface area contributed by atoms with Crippen molar-refractivity contribution >= 4 is 5.97 Å². The molecule has 0 radical (unpaired) electrons. The van der Waals surface area contributed by atoms with Gasteiger partial charge in [-0.05, 0) is 12.5 Å². The van der Waals surface area contributed by atoms with Crippen LogP contribution in [0.2, 0.25) is 0 Å². The molecule has 1 aromatic carbocycles. The zero-order chi connectivity index (χ0) is 16.2. The van der Waals surface area contributed by atoms with Crippen LogP contribution in [0, 0.1) is 0 Å². The molecule has 1 atom stereocenters. The lowest BCUT2D eigenvalue weighted by molar-refractivity contribution is -0.138. The summed E-state index contributed by atoms with van der Waals surface area (Å²) in [6.45, 7) is 1.65. The van der Waals surface area contributed by atoms with Gasteiger partial charge in [0.2, 0.25) is 0 Å². The predicted molar refractivity (Wildman–Crippen MR) is 84.5 cm³/mol. The Hall–Kier alpha value is -3.15. The topological polar surface area (TPSA) is 88.9 Å². The van der Waals surface area contributed by atoms with Gasteiger partial charge in [-0.1, -0.05) is 24.3 Å². The van der Waals surface area contributed by atoms with Crippen LogP contribution in [0.1, 0.15) is 18.4 Å². The highest BCUT2D eigenvalue weighted by atomic mass is 16.4. The largest absolute Gasteiger partial charge is 0.481 e. The fourth-order valence-electron chi connectivity index (χ4n) is 2.29. The average molecular weight is 306 g/mol. The van der Waals surface area contributed by atoms with Crippen LogP contribution in [0.3, 0.4) is 0 Å². The van der Waals surface area contributed by atoms with Gasteiger partial charge < -0.3 is 5.11 Å². The number of rotatable bonds is 4. The molecule has 0 aliphatic heterocycles. The molecular weight excluding hydrogens is 292 g/mol. The summed E-state index contributed by atoms with van der Waals surface area (Å²) in [7, 11) is 0. The van der Waals surface area contributed by atoms with Crippen molar-refractivity contribution in [3.05, 3.63) is 60.8 Å². The molecule has 0 aliphatic carbocycles. The summed E-state index contributed by atoms with van der Waals surface area (Å²) < 4.78 is 0. The molecule has 0 saturated heterocycles. The monoisotopic (exact) mass is 306 g/mol. The number of hydrogen-bond acceptors (Lipinski definition) is 5. The van der Waals surface area contributed by atoms with Crippen molar-refractivity contribution < 1.29 is 9.90 Å². The summed E-state index contributed by atoms with van der Waals surface area (Å²) in [5, 5.41) is 9.29. The first kappa shape index (κ1) is 14.8. The van der Waals surface area contributed by atoms with Crippen LogP contribution in [-0.4, -0.2) is 31.0 Å². The van der Waals surface area contributed by atoms with Gasteiger partial charge in [-0.2, -0.15) is 0 Å². The van der Waals surface area contributed by atoms with Crippen LogP contribution in [0.25, 0.3) is 22.6 Å². The lowest BCUT2D eigenvalue weighted by Crippen LogP contribution is -2.09. The first-order valence-corrected chi connectivity index (χ1v) is 7.07. The molecule has 23 heavy (non-hydrogen) atoms. The van der Waals surface area contributed by atoms with Crippen molar-refractivity contribution in [3.8, 4) is 22.6 Å². The number of benzene rings is 1. The molecule has 1 unspecified atom stereocenters. The summed E-state index contributed by atoms with van der Waals surface area (Å²) in [5.74, 6) is -1.51. The second-order valence-electron chi connectivity index (χ2n) is 5.03. The van der Waals surface area contributed by atoms with Crippen molar-refractivity contribution in [2.45, 2.75) is 12.8 Å². The third-order valence-electron chi connectivity index (χ3n) is 3.53. The molecule has 114 valence electrons. The van der Waals surface area contributed by atoms with Crippen molar-refractivity contribution in [2.24, 2.45) is 0 Å². The quantitative estimate of drug-likeness (QED) is 0.797. The average Bonchev–Trinajstić information content (AvgIpc) is 2.62. The number of aromatic nitrogens is 4. The van der Waals surface area contributed by atoms with Crippen molar-refractivity contribution in [1.29, 1.82) is 0 Å². The standard InChI is InChI=1S/C17H14N4O2/c1-11(17(22)23)12-4-2-3-5-13(12)14-8-19-10-16(21-14)15-9-18-6-7-20-15/h2-11H,1H3,(H,22,23). The molecule has 0 fully saturated rings. The maximum absolute atomic E-state index is 11.3. The molecule has 6 heteroatoms. The summed E-state index contributed by atoms with van der Waals surface area (Å²) in [6.07, 6.45) is 8.01. The van der Waals surface area contributed by atoms with E-state index in [1.165, 1.54) is 0 Å². The van der Waals surface area contributed by atoms with Crippen LogP contribution in [-0.2, 0) is 4.79 Å². The molecule has 6 nitrogen and oxygen atoms in total. The number of carbonyl (C=O) groups is 1. The first-order chi connectivity index (χ1) is 11.2. The van der Waals surface area contributed by atoms with Gasteiger partial charge in [0.05, 0.1) is 30.2 Å². The number of nitrogens with zero attached hydrogens (tertiary/aromatic N) is 4. The van der Waals surface area contributed by atoms with E-state index < -0.39 is 11.9 Å². The van der Waals surface area contributed by atoms with Crippen LogP contribution in [0.4, 0.5) is 0 Å². The second kappa shape index (κ2) is 6.31. The zero-order valence-corrected chi connectivity index (χ0v) is 12.4. The van der Waals surface area contributed by atoms with E-state index in [1.807, 2.05) is 18.2 Å². The third-order valence-corrected chi connectivity index (χ3v) is 3.53. The molecule has 2 aromatic heterocycles. The van der Waals surface area contributed by atoms with Gasteiger partial charge in [-0.25, -0.2) is 4.98 Å². The minimum absolute atomic E-state index is 0.591. The van der Waals surface area contributed by atoms with E-state index in [4.69, 9.17) is 0 Å². The van der Waals surface area contributed by atoms with E-state index in [0.717, 1.165) is 5.56 Å². The van der Waals surface area contributed by atoms with E-state index in [2.05, 4.69) is 19.9 Å². The maximum Gasteiger partial charge on any atom is 0.310 e. The van der Waals surface area contributed by atoms with Crippen molar-refractivity contribution in [3.63, 3.8) is 0 Å². The van der Waals surface area contributed by atoms with E-state index in [9.17, 15) is 9.90 Å². The summed E-state index contributed by atoms with van der Waals surface area (Å²) in [4.78, 5) is 28.3. The summed E-state index contributed by atoms with van der Waals surface area (Å²) >= 11 is 0. The second-order valence-corrected chi connectivity index (χ2v) is 5.03. The minimum atomic E-state index is -0.879. The van der Waals surface area contributed by atoms with Gasteiger partial charge in [0.1, 0.15) is 11.4 Å². The Labute approximate surface area is 132 Å². The molecule has 1 N–H and O–H groups in total. The molecule has 0 amide bonds. The molecular formula is C17H14N4O2. The fraction of sp³-hybridized carbons (Fsp3) is 0.118. The molecule has 0 spiro atoms. The van der Waals surface area contributed by atoms with Gasteiger partial charge in [-0.3, -0.25) is 19.7 Å². The van der Waals surface area contributed by atoms with Crippen molar-refractivity contribution in [1.82, 2.24) is 19.9 Å². The molecule has 0 bridgehead atoms. The van der Waals surface area contributed by atoms with Gasteiger partial charge in [-0.15, -0.1) is 0 Å². The molecule has 3 aromatic rings. The minimum Gasteiger partial charge on any atom is -0.481 e. The van der Waals surface area contributed by atoms with Crippen molar-refractivity contribution in [2.75, 3.05) is 0 Å². The van der Waals surface area contributed by atoms with Gasteiger partial charge in [0.25, 0.3) is 0 Å². The third kappa shape index (κ3) is 3.06. The first-order valence-electron chi connectivity index (χ1n) is 7.07. The normalized spacial score (nSPS) is 11.9. The van der Waals surface area contributed by atoms with E-state index in [1.54, 1.807) is 44.0 Å². The lowest BCUT2D eigenvalue weighted by atomic mass is 9.94. The number of carboxylic acids is 1. The number of carboxylic acid groups (broad SMARTS) is 1. The Morgan fingerprint density at radius 1 is 1.00 bits per heavy atom. The number of hydrogen-bond donors (Lipinski definition) is 1. The molecule has 3 rings (SSSR count). The van der Waals surface area contributed by atoms with Gasteiger partial charge >= 0.3 is 5.97 Å². The zero-order valence-electron chi connectivity index (χ0n) is 12.4.